The van der Waals surface area contributed by atoms with Crippen LogP contribution in [0.1, 0.15) is 34.6 Å². The average Bonchev–Trinajstić information content (AvgIpc) is 3.82. The summed E-state index contributed by atoms with van der Waals surface area (Å²) in [5.41, 5.74) is 12.0. The molecule has 0 spiro atoms. The molecule has 0 N–H and O–H groups in total. The Bertz CT molecular complexity index is 2940. The van der Waals surface area contributed by atoms with E-state index in [-0.39, 0.29) is 5.92 Å². The molecule has 1 aliphatic carbocycles. The van der Waals surface area contributed by atoms with Gasteiger partial charge >= 0.3 is 0 Å². The third-order valence-electron chi connectivity index (χ3n) is 10.9. The molecular formula is C52H38N4O. The molecule has 272 valence electrons. The minimum Gasteiger partial charge on any atom is -0.459 e. The van der Waals surface area contributed by atoms with Gasteiger partial charge in [-0.25, -0.2) is 9.98 Å². The van der Waals surface area contributed by atoms with Crippen molar-refractivity contribution in [3.05, 3.63) is 216 Å². The number of hydrogen-bond donors (Lipinski definition) is 0. The van der Waals surface area contributed by atoms with Gasteiger partial charge in [0.2, 0.25) is 0 Å². The molecule has 5 nitrogen and oxygen atoms in total. The quantitative estimate of drug-likeness (QED) is 0.119. The number of fused-ring (bicyclic) bond motifs is 6. The van der Waals surface area contributed by atoms with Crippen molar-refractivity contribution in [3.8, 4) is 28.0 Å². The summed E-state index contributed by atoms with van der Waals surface area (Å²) < 4.78 is 9.26. The summed E-state index contributed by atoms with van der Waals surface area (Å²) in [4.78, 5) is 14.5. The first kappa shape index (κ1) is 34.1. The summed E-state index contributed by atoms with van der Waals surface area (Å²) in [6, 6.07) is 61.2. The van der Waals surface area contributed by atoms with E-state index < -0.39 is 0 Å². The molecule has 1 aromatic heterocycles. The largest absolute Gasteiger partial charge is 0.459 e. The number of hydrogen-bond acceptors (Lipinski definition) is 2. The SMILES string of the molecule is C=N/C(=N\C(=N/Cc1ccc2c(c1)OC1=C(n3c4ccccc4c4cc(-c5ccccc5)ccc43)C=CCC12)c1cccc(-c2ccccc2)c1)c1ccccc1. The Morgan fingerprint density at radius 2 is 1.26 bits per heavy atom. The molecule has 0 bridgehead atoms. The van der Waals surface area contributed by atoms with Gasteiger partial charge < -0.3 is 9.30 Å². The predicted octanol–water partition coefficient (Wildman–Crippen LogP) is 12.5. The van der Waals surface area contributed by atoms with Crippen molar-refractivity contribution >= 4 is 45.9 Å². The van der Waals surface area contributed by atoms with Crippen LogP contribution in [0.25, 0.3) is 49.8 Å². The topological polar surface area (TPSA) is 51.2 Å². The number of benzene rings is 7. The van der Waals surface area contributed by atoms with Crippen LogP contribution in [0.15, 0.2) is 209 Å². The molecule has 2 aliphatic rings. The smallest absolute Gasteiger partial charge is 0.161 e. The van der Waals surface area contributed by atoms with Gasteiger partial charge in [-0.2, -0.15) is 0 Å². The van der Waals surface area contributed by atoms with Crippen molar-refractivity contribution < 1.29 is 4.74 Å². The van der Waals surface area contributed by atoms with Gasteiger partial charge in [0.1, 0.15) is 11.5 Å². The fourth-order valence-electron chi connectivity index (χ4n) is 8.18. The number of rotatable bonds is 7. The van der Waals surface area contributed by atoms with Crippen LogP contribution in [0.2, 0.25) is 0 Å². The third-order valence-corrected chi connectivity index (χ3v) is 10.9. The highest BCUT2D eigenvalue weighted by Crippen LogP contribution is 2.49. The van der Waals surface area contributed by atoms with Gasteiger partial charge in [0, 0.05) is 27.5 Å². The molecule has 8 aromatic rings. The van der Waals surface area contributed by atoms with Crippen LogP contribution in [-0.2, 0) is 6.54 Å². The van der Waals surface area contributed by atoms with Crippen molar-refractivity contribution in [2.24, 2.45) is 15.0 Å². The van der Waals surface area contributed by atoms with E-state index in [2.05, 4.69) is 168 Å². The first-order valence-corrected chi connectivity index (χ1v) is 19.3. The fourth-order valence-corrected chi connectivity index (χ4v) is 8.18. The number of amidine groups is 2. The maximum atomic E-state index is 6.88. The van der Waals surface area contributed by atoms with Crippen molar-refractivity contribution in [3.63, 3.8) is 0 Å². The van der Waals surface area contributed by atoms with E-state index in [1.165, 1.54) is 27.5 Å². The van der Waals surface area contributed by atoms with E-state index in [0.29, 0.717) is 18.2 Å². The Kier molecular flexibility index (Phi) is 8.81. The van der Waals surface area contributed by atoms with Crippen LogP contribution in [0.5, 0.6) is 5.75 Å². The molecule has 10 rings (SSSR count). The first-order valence-electron chi connectivity index (χ1n) is 19.3. The van der Waals surface area contributed by atoms with Gasteiger partial charge in [-0.1, -0.05) is 152 Å². The molecule has 1 unspecified atom stereocenters. The number of para-hydroxylation sites is 1. The molecule has 0 fully saturated rings. The molecular weight excluding hydrogens is 697 g/mol. The number of aromatic nitrogens is 1. The lowest BCUT2D eigenvalue weighted by Crippen LogP contribution is -2.09. The Labute approximate surface area is 332 Å². The number of ether oxygens (including phenoxy) is 1. The Hall–Kier alpha value is -7.37. The van der Waals surface area contributed by atoms with Crippen LogP contribution < -0.4 is 4.74 Å². The zero-order valence-corrected chi connectivity index (χ0v) is 31.3. The Morgan fingerprint density at radius 1 is 0.596 bits per heavy atom. The van der Waals surface area contributed by atoms with Crippen molar-refractivity contribution in [1.82, 2.24) is 4.57 Å². The average molecular weight is 735 g/mol. The lowest BCUT2D eigenvalue weighted by molar-refractivity contribution is 0.426. The van der Waals surface area contributed by atoms with Crippen LogP contribution in [-0.4, -0.2) is 23.0 Å². The van der Waals surface area contributed by atoms with E-state index in [1.807, 2.05) is 36.4 Å². The molecule has 0 radical (unpaired) electrons. The molecule has 0 amide bonds. The molecule has 5 heteroatoms. The molecule has 1 atom stereocenters. The minimum atomic E-state index is 0.130. The zero-order valence-electron chi connectivity index (χ0n) is 31.3. The van der Waals surface area contributed by atoms with Crippen molar-refractivity contribution in [2.75, 3.05) is 0 Å². The summed E-state index contributed by atoms with van der Waals surface area (Å²) in [7, 11) is 0. The monoisotopic (exact) mass is 734 g/mol. The van der Waals surface area contributed by atoms with Crippen molar-refractivity contribution in [1.29, 1.82) is 0 Å². The van der Waals surface area contributed by atoms with E-state index >= 15 is 0 Å². The highest BCUT2D eigenvalue weighted by Gasteiger charge is 2.34. The summed E-state index contributed by atoms with van der Waals surface area (Å²) >= 11 is 0. The lowest BCUT2D eigenvalue weighted by atomic mass is 9.90. The molecule has 57 heavy (non-hydrogen) atoms. The Morgan fingerprint density at radius 3 is 2.04 bits per heavy atom. The summed E-state index contributed by atoms with van der Waals surface area (Å²) in [5, 5.41) is 2.44. The van der Waals surface area contributed by atoms with Gasteiger partial charge in [-0.05, 0) is 77.4 Å². The molecule has 0 saturated carbocycles. The maximum Gasteiger partial charge on any atom is 0.161 e. The fraction of sp³-hybridized carbons (Fsp3) is 0.0577. The van der Waals surface area contributed by atoms with E-state index in [9.17, 15) is 0 Å². The van der Waals surface area contributed by atoms with Crippen LogP contribution in [0, 0.1) is 0 Å². The predicted molar refractivity (Wildman–Crippen MR) is 236 cm³/mol. The zero-order chi connectivity index (χ0) is 38.1. The highest BCUT2D eigenvalue weighted by molar-refractivity contribution is 6.13. The van der Waals surface area contributed by atoms with Gasteiger partial charge in [0.05, 0.1) is 29.2 Å². The van der Waals surface area contributed by atoms with E-state index in [4.69, 9.17) is 14.7 Å². The van der Waals surface area contributed by atoms with Gasteiger partial charge in [0.15, 0.2) is 11.7 Å². The number of allylic oxidation sites excluding steroid dienone is 4. The van der Waals surface area contributed by atoms with Gasteiger partial charge in [-0.15, -0.1) is 0 Å². The molecule has 7 aromatic carbocycles. The molecule has 2 heterocycles. The lowest BCUT2D eigenvalue weighted by Gasteiger charge is -2.20. The van der Waals surface area contributed by atoms with Crippen molar-refractivity contribution in [2.45, 2.75) is 18.9 Å². The molecule has 1 aliphatic heterocycles. The standard InChI is InChI=1S/C52H38N4O/c1-53-51(38-19-9-4-10-20-38)55-52(41-22-13-21-39(32-41)36-15-5-2-6-16-36)54-34-35-27-29-43-44-24-14-26-48(50(44)57-49(43)31-35)56-46-25-12-11-23-42(46)45-33-40(28-30-47(45)56)37-17-7-3-8-18-37/h2-23,25-33,44H,1,24,34H2/b54-52-,55-51-. The summed E-state index contributed by atoms with van der Waals surface area (Å²) in [6.07, 6.45) is 5.39. The number of nitrogens with zero attached hydrogens (tertiary/aromatic N) is 4. The Balaban J connectivity index is 1.02. The second kappa shape index (κ2) is 14.7. The number of aliphatic imine (C=N–C) groups is 3. The second-order valence-electron chi connectivity index (χ2n) is 14.4. The van der Waals surface area contributed by atoms with Crippen LogP contribution >= 0.6 is 0 Å². The third kappa shape index (κ3) is 6.39. The van der Waals surface area contributed by atoms with E-state index in [1.54, 1.807) is 0 Å². The minimum absolute atomic E-state index is 0.130. The second-order valence-corrected chi connectivity index (χ2v) is 14.4. The van der Waals surface area contributed by atoms with Crippen LogP contribution in [0.4, 0.5) is 0 Å². The highest BCUT2D eigenvalue weighted by atomic mass is 16.5. The normalized spacial score (nSPS) is 15.1. The van der Waals surface area contributed by atoms with Gasteiger partial charge in [0.25, 0.3) is 0 Å². The van der Waals surface area contributed by atoms with Gasteiger partial charge in [-0.3, -0.25) is 4.99 Å². The first-order chi connectivity index (χ1) is 28.2. The van der Waals surface area contributed by atoms with Crippen LogP contribution in [0.3, 0.4) is 0 Å². The maximum absolute atomic E-state index is 6.88. The summed E-state index contributed by atoms with van der Waals surface area (Å²) in [6.45, 7) is 4.27. The van der Waals surface area contributed by atoms with E-state index in [0.717, 1.165) is 62.5 Å². The molecule has 0 saturated heterocycles. The summed E-state index contributed by atoms with van der Waals surface area (Å²) in [5.74, 6) is 3.10.